The van der Waals surface area contributed by atoms with E-state index in [1.807, 2.05) is 24.9 Å². The van der Waals surface area contributed by atoms with Crippen LogP contribution >= 0.6 is 22.7 Å². The molecule has 0 bridgehead atoms. The molecule has 2 atom stereocenters. The van der Waals surface area contributed by atoms with Gasteiger partial charge in [-0.05, 0) is 51.0 Å². The van der Waals surface area contributed by atoms with Gasteiger partial charge in [0.1, 0.15) is 46.5 Å². The number of nitrogens with zero attached hydrogens (tertiary/aromatic N) is 10. The maximum atomic E-state index is 15.1. The van der Waals surface area contributed by atoms with E-state index in [1.165, 1.54) is 24.3 Å². The predicted molar refractivity (Wildman–Crippen MR) is 277 cm³/mol. The molecule has 0 N–H and O–H groups in total. The van der Waals surface area contributed by atoms with Crippen molar-refractivity contribution in [1.82, 2.24) is 29.7 Å². The number of thiazole rings is 2. The van der Waals surface area contributed by atoms with Crippen LogP contribution in [0.5, 0.6) is 0 Å². The lowest BCUT2D eigenvalue weighted by Crippen LogP contribution is -2.59. The van der Waals surface area contributed by atoms with Crippen LogP contribution in [-0.4, -0.2) is 93.9 Å². The monoisotopic (exact) mass is 1030 g/mol. The van der Waals surface area contributed by atoms with Gasteiger partial charge in [-0.15, -0.1) is 22.7 Å². The van der Waals surface area contributed by atoms with Crippen LogP contribution in [0.4, 0.5) is 20.4 Å². The third-order valence-electron chi connectivity index (χ3n) is 15.6. The number of carbonyl (C=O) groups is 2. The molecule has 6 aliphatic rings. The summed E-state index contributed by atoms with van der Waals surface area (Å²) in [5.74, 6) is 0.307. The molecule has 4 aromatic heterocycles. The van der Waals surface area contributed by atoms with E-state index in [2.05, 4.69) is 45.1 Å². The number of hydrogen-bond donors (Lipinski definition) is 0. The van der Waals surface area contributed by atoms with Gasteiger partial charge in [-0.25, -0.2) is 28.7 Å². The molecule has 2 aromatic carbocycles. The molecule has 0 saturated carbocycles. The number of anilines is 2. The number of likely N-dealkylation sites (tertiary alicyclic amines) is 2. The minimum absolute atomic E-state index is 0.0213. The molecule has 4 saturated heterocycles. The second-order valence-electron chi connectivity index (χ2n) is 20.2. The van der Waals surface area contributed by atoms with E-state index in [1.54, 1.807) is 68.9 Å². The zero-order valence-electron chi connectivity index (χ0n) is 41.1. The van der Waals surface area contributed by atoms with Crippen LogP contribution in [0.1, 0.15) is 79.8 Å². The zero-order chi connectivity index (χ0) is 51.5. The van der Waals surface area contributed by atoms with Gasteiger partial charge in [0.25, 0.3) is 0 Å². The average molecular weight is 1030 g/mol. The highest BCUT2D eigenvalue weighted by Gasteiger charge is 2.51. The molecule has 18 heteroatoms. The van der Waals surface area contributed by atoms with Gasteiger partial charge >= 0.3 is 0 Å². The van der Waals surface area contributed by atoms with Crippen molar-refractivity contribution in [1.29, 1.82) is 10.5 Å². The largest absolute Gasteiger partial charge is 0.367 e. The number of pyridine rings is 2. The second kappa shape index (κ2) is 19.6. The van der Waals surface area contributed by atoms with Crippen molar-refractivity contribution >= 4 is 46.1 Å². The van der Waals surface area contributed by atoms with E-state index >= 15 is 8.78 Å². The number of aryl methyl sites for hydroxylation is 2. The molecule has 4 fully saturated rings. The molecule has 2 spiro atoms. The Labute approximate surface area is 435 Å². The van der Waals surface area contributed by atoms with Gasteiger partial charge in [0.15, 0.2) is 0 Å². The van der Waals surface area contributed by atoms with Crippen LogP contribution in [-0.2, 0) is 45.1 Å². The van der Waals surface area contributed by atoms with Gasteiger partial charge in [0, 0.05) is 109 Å². The first-order valence-electron chi connectivity index (χ1n) is 24.6. The molecule has 2 amide bonds. The minimum Gasteiger partial charge on any atom is -0.367 e. The first-order chi connectivity index (χ1) is 35.9. The van der Waals surface area contributed by atoms with Crippen molar-refractivity contribution in [2.24, 2.45) is 10.8 Å². The fourth-order valence-electron chi connectivity index (χ4n) is 11.8. The SMILES string of the molecule is C=CC(=O)N1CC2(CCN(c3nc4c(c(-c5ccccc5F)c3C#N)CO[C@@H](c3scnc3C)C4)C2)C1.C=CC(=O)N1CC2(CCN(c3nc4c(c(-c5ccccc5F)c3C#N)CO[C@H](c3scnc3C)C4)C2)C1. The Morgan fingerprint density at radius 1 is 0.676 bits per heavy atom. The predicted octanol–water partition coefficient (Wildman–Crippen LogP) is 9.13. The van der Waals surface area contributed by atoms with Crippen LogP contribution in [0.15, 0.2) is 84.9 Å². The van der Waals surface area contributed by atoms with Gasteiger partial charge in [-0.2, -0.15) is 10.5 Å². The van der Waals surface area contributed by atoms with Crippen molar-refractivity contribution in [3.05, 3.63) is 151 Å². The minimum atomic E-state index is -0.380. The summed E-state index contributed by atoms with van der Waals surface area (Å²) >= 11 is 3.12. The molecule has 12 rings (SSSR count). The molecule has 0 aliphatic carbocycles. The fraction of sp³-hybridized carbons (Fsp3) is 0.357. The van der Waals surface area contributed by atoms with Gasteiger partial charge in [0.2, 0.25) is 11.8 Å². The number of hydrogen-bond acceptors (Lipinski definition) is 14. The molecule has 0 unspecified atom stereocenters. The van der Waals surface area contributed by atoms with E-state index in [4.69, 9.17) is 19.4 Å². The highest BCUT2D eigenvalue weighted by atomic mass is 32.1. The fourth-order valence-corrected chi connectivity index (χ4v) is 13.5. The van der Waals surface area contributed by atoms with Crippen molar-refractivity contribution in [3.8, 4) is 34.4 Å². The number of rotatable bonds is 8. The van der Waals surface area contributed by atoms with E-state index in [-0.39, 0.29) is 59.7 Å². The Morgan fingerprint density at radius 2 is 1.08 bits per heavy atom. The van der Waals surface area contributed by atoms with E-state index in [0.717, 1.165) is 69.6 Å². The average Bonchev–Trinajstić information content (AvgIpc) is 4.24. The first kappa shape index (κ1) is 49.0. The molecule has 74 heavy (non-hydrogen) atoms. The highest BCUT2D eigenvalue weighted by molar-refractivity contribution is 7.10. The molecular weight excluding hydrogens is 979 g/mol. The lowest BCUT2D eigenvalue weighted by molar-refractivity contribution is -0.137. The maximum Gasteiger partial charge on any atom is 0.245 e. The summed E-state index contributed by atoms with van der Waals surface area (Å²) in [6, 6.07) is 17.8. The molecule has 0 radical (unpaired) electrons. The third-order valence-corrected chi connectivity index (χ3v) is 17.6. The summed E-state index contributed by atoms with van der Waals surface area (Å²) in [5, 5.41) is 20.7. The van der Waals surface area contributed by atoms with Crippen molar-refractivity contribution < 1.29 is 27.8 Å². The highest BCUT2D eigenvalue weighted by Crippen LogP contribution is 2.48. The maximum absolute atomic E-state index is 15.1. The number of amides is 2. The van der Waals surface area contributed by atoms with Crippen molar-refractivity contribution in [3.63, 3.8) is 0 Å². The number of carbonyl (C=O) groups excluding carboxylic acids is 2. The van der Waals surface area contributed by atoms with Crippen LogP contribution in [0.2, 0.25) is 0 Å². The summed E-state index contributed by atoms with van der Waals surface area (Å²) in [4.78, 5) is 52.9. The number of benzene rings is 2. The molecule has 6 aromatic rings. The van der Waals surface area contributed by atoms with Crippen LogP contribution < -0.4 is 9.80 Å². The van der Waals surface area contributed by atoms with Gasteiger partial charge in [0.05, 0.1) is 69.0 Å². The summed E-state index contributed by atoms with van der Waals surface area (Å²) in [6.07, 6.45) is 5.19. The lowest BCUT2D eigenvalue weighted by Gasteiger charge is -2.47. The molecular formula is C56H52F2N10O4S2. The van der Waals surface area contributed by atoms with Crippen molar-refractivity contribution in [2.45, 2.75) is 65.0 Å². The second-order valence-corrected chi connectivity index (χ2v) is 21.9. The summed E-state index contributed by atoms with van der Waals surface area (Å²) < 4.78 is 42.7. The van der Waals surface area contributed by atoms with E-state index in [9.17, 15) is 20.1 Å². The lowest BCUT2D eigenvalue weighted by atomic mass is 9.79. The standard InChI is InChI=1S/2C28H26FN5O2S/c2*1-3-24(35)34-14-28(15-34)8-9-33(13-28)27-19(11-30)25(18-6-4-5-7-21(18)29)20-12-36-23(10-22(20)32-27)26-17(2)31-16-37-26/h2*3-7,16,23H,1,8-10,12-15H2,2H3/t2*23-/m10/s1. The van der Waals surface area contributed by atoms with E-state index < -0.39 is 0 Å². The first-order valence-corrected chi connectivity index (χ1v) is 26.4. The van der Waals surface area contributed by atoms with Gasteiger partial charge in [-0.3, -0.25) is 9.59 Å². The summed E-state index contributed by atoms with van der Waals surface area (Å²) in [5.41, 5.74) is 11.3. The Bertz CT molecular complexity index is 3130. The molecule has 14 nitrogen and oxygen atoms in total. The third kappa shape index (κ3) is 8.63. The number of aromatic nitrogens is 4. The number of nitriles is 2. The Morgan fingerprint density at radius 3 is 1.43 bits per heavy atom. The number of fused-ring (bicyclic) bond motifs is 2. The number of ether oxygens (including phenoxy) is 2. The van der Waals surface area contributed by atoms with Crippen LogP contribution in [0.3, 0.4) is 0 Å². The molecule has 10 heterocycles. The van der Waals surface area contributed by atoms with Crippen LogP contribution in [0, 0.1) is 59.0 Å². The summed E-state index contributed by atoms with van der Waals surface area (Å²) in [7, 11) is 0. The normalized spacial score (nSPS) is 19.9. The topological polar surface area (TPSA) is 165 Å². The smallest absolute Gasteiger partial charge is 0.245 e. The van der Waals surface area contributed by atoms with Crippen molar-refractivity contribution in [2.75, 3.05) is 62.2 Å². The Balaban J connectivity index is 0.000000159. The zero-order valence-corrected chi connectivity index (χ0v) is 42.7. The quantitative estimate of drug-likeness (QED) is 0.133. The van der Waals surface area contributed by atoms with E-state index in [0.29, 0.717) is 97.1 Å². The molecule has 376 valence electrons. The summed E-state index contributed by atoms with van der Waals surface area (Å²) in [6.45, 7) is 17.1. The van der Waals surface area contributed by atoms with Gasteiger partial charge < -0.3 is 29.1 Å². The molecule has 6 aliphatic heterocycles. The number of halogens is 2. The Hall–Kier alpha value is -7.22. The van der Waals surface area contributed by atoms with Gasteiger partial charge in [-0.1, -0.05) is 49.6 Å². The van der Waals surface area contributed by atoms with Crippen LogP contribution in [0.25, 0.3) is 22.3 Å². The Kier molecular flexibility index (Phi) is 13.0.